The van der Waals surface area contributed by atoms with Crippen molar-refractivity contribution in [3.8, 4) is 11.8 Å². The predicted octanol–water partition coefficient (Wildman–Crippen LogP) is 2.61. The highest BCUT2D eigenvalue weighted by Crippen LogP contribution is 2.25. The Kier molecular flexibility index (Phi) is 5.66. The van der Waals surface area contributed by atoms with Crippen LogP contribution in [0.3, 0.4) is 0 Å². The van der Waals surface area contributed by atoms with Gasteiger partial charge in [-0.1, -0.05) is 11.6 Å². The minimum absolute atomic E-state index is 0.00829. The normalized spacial score (nSPS) is 19.6. The summed E-state index contributed by atoms with van der Waals surface area (Å²) in [4.78, 5) is 0. The van der Waals surface area contributed by atoms with Gasteiger partial charge in [-0.2, -0.15) is 5.26 Å². The Morgan fingerprint density at radius 2 is 2.40 bits per heavy atom. The number of hydrogen-bond acceptors (Lipinski definition) is 4. The summed E-state index contributed by atoms with van der Waals surface area (Å²) in [6.45, 7) is 5.18. The summed E-state index contributed by atoms with van der Waals surface area (Å²) in [6, 6.07) is 7.21. The molecule has 2 atom stereocenters. The van der Waals surface area contributed by atoms with E-state index in [4.69, 9.17) is 26.3 Å². The molecule has 0 aliphatic carbocycles. The number of halogens is 1. The van der Waals surface area contributed by atoms with Gasteiger partial charge in [-0.05, 0) is 32.0 Å². The van der Waals surface area contributed by atoms with Gasteiger partial charge in [-0.15, -0.1) is 0 Å². The van der Waals surface area contributed by atoms with Gasteiger partial charge < -0.3 is 14.8 Å². The standard InChI is InChI=1S/C15H19ClN2O2/c1-2-19-10-15(12-5-6-18-9-12)20-13-4-3-11(8-17)14(16)7-13/h3-4,7,12,15,18H,2,5-6,9-10H2,1H3/t12-,15-/m0/s1. The highest BCUT2D eigenvalue weighted by atomic mass is 35.5. The number of nitrogens with one attached hydrogen (secondary N) is 1. The summed E-state index contributed by atoms with van der Waals surface area (Å²) in [5, 5.41) is 12.6. The number of ether oxygens (including phenoxy) is 2. The minimum Gasteiger partial charge on any atom is -0.488 e. The lowest BCUT2D eigenvalue weighted by atomic mass is 10.0. The topological polar surface area (TPSA) is 54.3 Å². The van der Waals surface area contributed by atoms with Crippen molar-refractivity contribution in [2.75, 3.05) is 26.3 Å². The van der Waals surface area contributed by atoms with Crippen molar-refractivity contribution in [2.45, 2.75) is 19.4 Å². The van der Waals surface area contributed by atoms with Crippen LogP contribution in [-0.4, -0.2) is 32.4 Å². The third-order valence-corrected chi connectivity index (χ3v) is 3.77. The van der Waals surface area contributed by atoms with Crippen molar-refractivity contribution in [2.24, 2.45) is 5.92 Å². The van der Waals surface area contributed by atoms with Crippen LogP contribution in [0, 0.1) is 17.2 Å². The Balaban J connectivity index is 2.06. The lowest BCUT2D eigenvalue weighted by Gasteiger charge is -2.24. The molecule has 20 heavy (non-hydrogen) atoms. The molecule has 0 unspecified atom stereocenters. The Morgan fingerprint density at radius 3 is 3.00 bits per heavy atom. The molecule has 1 N–H and O–H groups in total. The molecule has 4 nitrogen and oxygen atoms in total. The molecular formula is C15H19ClN2O2. The first-order chi connectivity index (χ1) is 9.74. The van der Waals surface area contributed by atoms with Crippen molar-refractivity contribution in [3.63, 3.8) is 0 Å². The molecule has 0 aromatic heterocycles. The summed E-state index contributed by atoms with van der Waals surface area (Å²) < 4.78 is 11.5. The molecule has 0 bridgehead atoms. The van der Waals surface area contributed by atoms with Crippen LogP contribution in [0.2, 0.25) is 5.02 Å². The van der Waals surface area contributed by atoms with Gasteiger partial charge in [-0.3, -0.25) is 0 Å². The average molecular weight is 295 g/mol. The van der Waals surface area contributed by atoms with E-state index in [0.29, 0.717) is 35.5 Å². The van der Waals surface area contributed by atoms with E-state index in [0.717, 1.165) is 19.5 Å². The minimum atomic E-state index is 0.00829. The Bertz CT molecular complexity index is 481. The van der Waals surface area contributed by atoms with E-state index in [1.54, 1.807) is 18.2 Å². The fourth-order valence-corrected chi connectivity index (χ4v) is 2.54. The average Bonchev–Trinajstić information content (AvgIpc) is 2.97. The Hall–Kier alpha value is -1.28. The predicted molar refractivity (Wildman–Crippen MR) is 78.1 cm³/mol. The quantitative estimate of drug-likeness (QED) is 0.876. The van der Waals surface area contributed by atoms with Crippen molar-refractivity contribution >= 4 is 11.6 Å². The molecule has 0 radical (unpaired) electrons. The molecule has 1 saturated heterocycles. The number of nitriles is 1. The van der Waals surface area contributed by atoms with Crippen LogP contribution in [0.15, 0.2) is 18.2 Å². The van der Waals surface area contributed by atoms with Crippen LogP contribution in [-0.2, 0) is 4.74 Å². The smallest absolute Gasteiger partial charge is 0.126 e. The molecular weight excluding hydrogens is 276 g/mol. The fraction of sp³-hybridized carbons (Fsp3) is 0.533. The van der Waals surface area contributed by atoms with Crippen LogP contribution < -0.4 is 10.1 Å². The zero-order chi connectivity index (χ0) is 14.4. The van der Waals surface area contributed by atoms with Gasteiger partial charge in [0.15, 0.2) is 0 Å². The monoisotopic (exact) mass is 294 g/mol. The molecule has 1 aromatic carbocycles. The number of benzene rings is 1. The molecule has 1 aliphatic heterocycles. The van der Waals surface area contributed by atoms with E-state index < -0.39 is 0 Å². The van der Waals surface area contributed by atoms with Gasteiger partial charge >= 0.3 is 0 Å². The largest absolute Gasteiger partial charge is 0.488 e. The molecule has 0 amide bonds. The second-order valence-electron chi connectivity index (χ2n) is 4.82. The Morgan fingerprint density at radius 1 is 1.55 bits per heavy atom. The lowest BCUT2D eigenvalue weighted by Crippen LogP contribution is -2.33. The van der Waals surface area contributed by atoms with Gasteiger partial charge in [0.05, 0.1) is 17.2 Å². The molecule has 108 valence electrons. The summed E-state index contributed by atoms with van der Waals surface area (Å²) in [7, 11) is 0. The van der Waals surface area contributed by atoms with Crippen LogP contribution >= 0.6 is 11.6 Å². The maximum Gasteiger partial charge on any atom is 0.126 e. The van der Waals surface area contributed by atoms with E-state index in [1.807, 2.05) is 13.0 Å². The molecule has 1 fully saturated rings. The number of nitrogens with zero attached hydrogens (tertiary/aromatic N) is 1. The molecule has 5 heteroatoms. The Labute approximate surface area is 124 Å². The summed E-state index contributed by atoms with van der Waals surface area (Å²) in [5.41, 5.74) is 0.461. The van der Waals surface area contributed by atoms with Gasteiger partial charge in [0.25, 0.3) is 0 Å². The number of rotatable bonds is 6. The van der Waals surface area contributed by atoms with Crippen molar-refractivity contribution in [1.82, 2.24) is 5.32 Å². The number of hydrogen-bond donors (Lipinski definition) is 1. The second kappa shape index (κ2) is 7.49. The van der Waals surface area contributed by atoms with Crippen LogP contribution in [0.4, 0.5) is 0 Å². The van der Waals surface area contributed by atoms with Crippen LogP contribution in [0.25, 0.3) is 0 Å². The summed E-state index contributed by atoms with van der Waals surface area (Å²) in [5.74, 6) is 1.13. The molecule has 0 saturated carbocycles. The molecule has 1 aliphatic rings. The lowest BCUT2D eigenvalue weighted by molar-refractivity contribution is 0.0291. The first-order valence-corrected chi connectivity index (χ1v) is 7.27. The van der Waals surface area contributed by atoms with Crippen LogP contribution in [0.5, 0.6) is 5.75 Å². The zero-order valence-corrected chi connectivity index (χ0v) is 12.3. The van der Waals surface area contributed by atoms with Crippen molar-refractivity contribution < 1.29 is 9.47 Å². The van der Waals surface area contributed by atoms with E-state index in [1.165, 1.54) is 0 Å². The first kappa shape index (κ1) is 15.1. The van der Waals surface area contributed by atoms with E-state index in [9.17, 15) is 0 Å². The van der Waals surface area contributed by atoms with Gasteiger partial charge in [0.1, 0.15) is 17.9 Å². The fourth-order valence-electron chi connectivity index (χ4n) is 2.33. The van der Waals surface area contributed by atoms with Crippen LogP contribution in [0.1, 0.15) is 18.9 Å². The first-order valence-electron chi connectivity index (χ1n) is 6.89. The SMILES string of the molecule is CCOC[C@H](Oc1ccc(C#N)c(Cl)c1)[C@H]1CCNC1. The van der Waals surface area contributed by atoms with Crippen molar-refractivity contribution in [1.29, 1.82) is 5.26 Å². The van der Waals surface area contributed by atoms with Gasteiger partial charge in [0, 0.05) is 25.1 Å². The van der Waals surface area contributed by atoms with E-state index >= 15 is 0 Å². The summed E-state index contributed by atoms with van der Waals surface area (Å²) >= 11 is 6.03. The molecule has 2 rings (SSSR count). The third kappa shape index (κ3) is 3.86. The molecule has 0 spiro atoms. The maximum absolute atomic E-state index is 8.88. The van der Waals surface area contributed by atoms with E-state index in [-0.39, 0.29) is 6.10 Å². The van der Waals surface area contributed by atoms with Gasteiger partial charge in [-0.25, -0.2) is 0 Å². The van der Waals surface area contributed by atoms with Gasteiger partial charge in [0.2, 0.25) is 0 Å². The van der Waals surface area contributed by atoms with E-state index in [2.05, 4.69) is 5.32 Å². The summed E-state index contributed by atoms with van der Waals surface area (Å²) in [6.07, 6.45) is 1.09. The maximum atomic E-state index is 8.88. The van der Waals surface area contributed by atoms with Crippen molar-refractivity contribution in [3.05, 3.63) is 28.8 Å². The highest BCUT2D eigenvalue weighted by Gasteiger charge is 2.26. The second-order valence-corrected chi connectivity index (χ2v) is 5.23. The molecule has 1 aromatic rings. The molecule has 1 heterocycles. The third-order valence-electron chi connectivity index (χ3n) is 3.46. The highest BCUT2D eigenvalue weighted by molar-refractivity contribution is 6.31. The zero-order valence-electron chi connectivity index (χ0n) is 11.6.